The number of fused-ring (bicyclic) bond motifs is 12. The van der Waals surface area contributed by atoms with Gasteiger partial charge in [-0.05, 0) is 218 Å². The summed E-state index contributed by atoms with van der Waals surface area (Å²) < 4.78 is 8.19. The lowest BCUT2D eigenvalue weighted by Crippen LogP contribution is -2.59. The van der Waals surface area contributed by atoms with Crippen LogP contribution in [0.2, 0.25) is 0 Å². The molecule has 2 aromatic carbocycles. The van der Waals surface area contributed by atoms with Crippen LogP contribution in [0.25, 0.3) is 11.6 Å². The average Bonchev–Trinajstić information content (AvgIpc) is 1.67. The van der Waals surface area contributed by atoms with Crippen LogP contribution in [0.5, 0.6) is 0 Å². The number of hydrogen-bond acceptors (Lipinski definition) is 4. The minimum absolute atomic E-state index is 0.0000436. The summed E-state index contributed by atoms with van der Waals surface area (Å²) in [5.41, 5.74) is 28.4. The zero-order valence-electron chi connectivity index (χ0n) is 61.0. The normalized spacial score (nSPS) is 32.8. The highest BCUT2D eigenvalue weighted by atomic mass is 16.3. The van der Waals surface area contributed by atoms with Crippen molar-refractivity contribution in [1.82, 2.24) is 4.90 Å². The highest BCUT2D eigenvalue weighted by Crippen LogP contribution is 2.64. The van der Waals surface area contributed by atoms with Crippen LogP contribution in [-0.2, 0) is 17.3 Å². The van der Waals surface area contributed by atoms with Crippen molar-refractivity contribution < 1.29 is 4.42 Å². The lowest BCUT2D eigenvalue weighted by molar-refractivity contribution is 0.0331. The van der Waals surface area contributed by atoms with Crippen molar-refractivity contribution in [1.29, 1.82) is 0 Å². The smallest absolute Gasteiger partial charge is 0.292 e. The standard InChI is InChI=1S/C88H112BN3O/c1-51-26-27-52(2)61-47-77-63(45-60(51)61)79-80(93-77)89-70-48-67-69(88(19,20)39-37-86(67,15)16)50-74(70)90(56-30-33-64-65(42-56)84(11,12)35-34-83(64,9)10)75-43-57(91-71-40-54(81(3,4)5)28-31-58(71)59-32-29-55(41-72(59)91)82(6,7)8)44-76(78(75)89)92(79)73-49-68-66(85(13,14)36-38-87(68,17)18)46-62(73)53-24-22-21-23-25-53/h21-25,28,30-33,40-43,46-49,51-52,55,58,60,66,68-69,71,76H,26-27,29,34-39,44-45,50H2,1-20H3/t51-,52+,55?,58?,60?,66?,68?,69?,71?,76?/m0/s1. The van der Waals surface area contributed by atoms with E-state index in [1.54, 1.807) is 11.1 Å². The van der Waals surface area contributed by atoms with Crippen LogP contribution in [0.3, 0.4) is 0 Å². The SMILES string of the molecule is C[C@@H]1CC[C@H](C)C2Cc3c(oc4c3N(C3=CC5C(C=C3c3ccccc3)C(C)(C)CCC5(C)C)C3CC(N5C6=CC(C(C)(C)C)CC=C6C6C=CC(C(C)(C)C)=CC65)=CC5=C3B4C3=C(CC4C(=C3)C(C)(C)CCC4(C)C)N5c3ccc4c(c3)C(C)(C)CCC4(C)C)C=C21. The molecule has 4 fully saturated rings. The van der Waals surface area contributed by atoms with Gasteiger partial charge in [0.25, 0.3) is 6.71 Å². The fraction of sp³-hybridized carbons (Fsp3) is 0.568. The fourth-order valence-corrected chi connectivity index (χ4v) is 21.3. The molecule has 1 aromatic heterocycles. The van der Waals surface area contributed by atoms with Crippen molar-refractivity contribution in [2.24, 2.45) is 79.8 Å². The van der Waals surface area contributed by atoms with E-state index in [2.05, 4.69) is 262 Å². The van der Waals surface area contributed by atoms with Gasteiger partial charge in [0.1, 0.15) is 5.76 Å². The molecule has 0 spiro atoms. The van der Waals surface area contributed by atoms with Crippen LogP contribution in [0.15, 0.2) is 169 Å². The summed E-state index contributed by atoms with van der Waals surface area (Å²) in [6.45, 7) is 50.6. The molecule has 8 unspecified atom stereocenters. The lowest BCUT2D eigenvalue weighted by Gasteiger charge is -2.56. The molecule has 3 aromatic rings. The predicted octanol–water partition coefficient (Wildman–Crippen LogP) is 22.1. The van der Waals surface area contributed by atoms with E-state index in [9.17, 15) is 0 Å². The second kappa shape index (κ2) is 20.4. The van der Waals surface area contributed by atoms with Gasteiger partial charge < -0.3 is 19.1 Å². The molecule has 0 N–H and O–H groups in total. The number of likely N-dealkylation sites (tertiary alicyclic amines) is 1. The molecular weight excluding hydrogens is 1130 g/mol. The Bertz CT molecular complexity index is 4060. The van der Waals surface area contributed by atoms with Gasteiger partial charge in [0.05, 0.1) is 23.4 Å². The van der Waals surface area contributed by atoms with E-state index < -0.39 is 0 Å². The lowest BCUT2D eigenvalue weighted by atomic mass is 9.31. The van der Waals surface area contributed by atoms with Crippen LogP contribution < -0.4 is 15.5 Å². The first-order valence-corrected chi connectivity index (χ1v) is 37.3. The van der Waals surface area contributed by atoms with Crippen molar-refractivity contribution in [3.05, 3.63) is 193 Å². The molecule has 488 valence electrons. The molecule has 0 amide bonds. The Labute approximate surface area is 562 Å². The number of benzene rings is 2. The summed E-state index contributed by atoms with van der Waals surface area (Å²) >= 11 is 0. The van der Waals surface area contributed by atoms with Gasteiger partial charge in [0.15, 0.2) is 0 Å². The van der Waals surface area contributed by atoms with Crippen molar-refractivity contribution in [3.63, 3.8) is 0 Å². The molecule has 3 saturated carbocycles. The molecule has 13 aliphatic rings. The first-order chi connectivity index (χ1) is 43.6. The van der Waals surface area contributed by atoms with Gasteiger partial charge in [-0.2, -0.15) is 0 Å². The van der Waals surface area contributed by atoms with Gasteiger partial charge in [-0.3, -0.25) is 0 Å². The third-order valence-electron chi connectivity index (χ3n) is 28.0. The maximum absolute atomic E-state index is 8.19. The van der Waals surface area contributed by atoms with Crippen LogP contribution in [-0.4, -0.2) is 23.7 Å². The third kappa shape index (κ3) is 9.42. The van der Waals surface area contributed by atoms with E-state index in [0.29, 0.717) is 41.4 Å². The van der Waals surface area contributed by atoms with Gasteiger partial charge in [-0.25, -0.2) is 0 Å². The topological polar surface area (TPSA) is 22.9 Å². The van der Waals surface area contributed by atoms with Gasteiger partial charge >= 0.3 is 0 Å². The minimum Gasteiger partial charge on any atom is -0.468 e. The second-order valence-corrected chi connectivity index (χ2v) is 38.6. The minimum atomic E-state index is -0.0550. The molecule has 5 heteroatoms. The maximum atomic E-state index is 8.19. The summed E-state index contributed by atoms with van der Waals surface area (Å²) in [6, 6.07) is 19.7. The molecule has 16 rings (SSSR count). The van der Waals surface area contributed by atoms with Crippen molar-refractivity contribution in [2.75, 3.05) is 9.80 Å². The first-order valence-electron chi connectivity index (χ1n) is 37.3. The van der Waals surface area contributed by atoms with Crippen LogP contribution in [0.4, 0.5) is 11.4 Å². The number of rotatable bonds is 4. The predicted molar refractivity (Wildman–Crippen MR) is 393 cm³/mol. The highest BCUT2D eigenvalue weighted by Gasteiger charge is 2.59. The first kappa shape index (κ1) is 62.2. The van der Waals surface area contributed by atoms with Crippen LogP contribution in [0.1, 0.15) is 237 Å². The monoisotopic (exact) mass is 1240 g/mol. The Kier molecular flexibility index (Phi) is 13.7. The molecule has 93 heavy (non-hydrogen) atoms. The number of hydrogen-bond donors (Lipinski definition) is 0. The summed E-state index contributed by atoms with van der Waals surface area (Å²) in [5.74, 6) is 4.63. The molecule has 1 saturated heterocycles. The van der Waals surface area contributed by atoms with E-state index in [0.717, 1.165) is 31.4 Å². The molecule has 0 radical (unpaired) electrons. The molecule has 10 atom stereocenters. The van der Waals surface area contributed by atoms with E-state index in [1.165, 1.54) is 147 Å². The maximum Gasteiger partial charge on any atom is 0.292 e. The molecular formula is C88H112BN3O. The van der Waals surface area contributed by atoms with Gasteiger partial charge in [0.2, 0.25) is 0 Å². The van der Waals surface area contributed by atoms with Gasteiger partial charge in [0, 0.05) is 57.6 Å². The summed E-state index contributed by atoms with van der Waals surface area (Å²) in [6.07, 6.45) is 41.1. The second-order valence-electron chi connectivity index (χ2n) is 38.6. The van der Waals surface area contributed by atoms with Crippen molar-refractivity contribution in [2.45, 2.75) is 238 Å². The zero-order valence-corrected chi connectivity index (χ0v) is 61.0. The number of furan rings is 1. The Hall–Kier alpha value is -5.68. The summed E-state index contributed by atoms with van der Waals surface area (Å²) in [5, 5.41) is 0. The van der Waals surface area contributed by atoms with Crippen molar-refractivity contribution >= 4 is 35.4 Å². The highest BCUT2D eigenvalue weighted by molar-refractivity contribution is 6.88. The Morgan fingerprint density at radius 3 is 2.04 bits per heavy atom. The quantitative estimate of drug-likeness (QED) is 0.243. The Balaban J connectivity index is 1.04. The van der Waals surface area contributed by atoms with Gasteiger partial charge in [-0.1, -0.05) is 235 Å². The van der Waals surface area contributed by atoms with Crippen molar-refractivity contribution in [3.8, 4) is 0 Å². The van der Waals surface area contributed by atoms with E-state index in [1.807, 2.05) is 0 Å². The van der Waals surface area contributed by atoms with Crippen LogP contribution >= 0.6 is 0 Å². The van der Waals surface area contributed by atoms with E-state index in [-0.39, 0.29) is 68.0 Å². The summed E-state index contributed by atoms with van der Waals surface area (Å²) in [7, 11) is 0. The molecule has 0 bridgehead atoms. The van der Waals surface area contributed by atoms with E-state index >= 15 is 0 Å². The zero-order chi connectivity index (χ0) is 65.6. The Morgan fingerprint density at radius 2 is 1.33 bits per heavy atom. The summed E-state index contributed by atoms with van der Waals surface area (Å²) in [4.78, 5) is 8.94. The number of nitrogens with zero attached hydrogens (tertiary/aromatic N) is 3. The number of allylic oxidation sites excluding steroid dienone is 14. The number of anilines is 2. The molecule has 10 aliphatic carbocycles. The average molecular weight is 1240 g/mol. The largest absolute Gasteiger partial charge is 0.468 e. The van der Waals surface area contributed by atoms with E-state index in [4.69, 9.17) is 4.42 Å². The third-order valence-corrected chi connectivity index (χ3v) is 28.0. The van der Waals surface area contributed by atoms with Crippen LogP contribution in [0, 0.1) is 79.8 Å². The Morgan fingerprint density at radius 1 is 0.645 bits per heavy atom. The molecule has 4 heterocycles. The molecule has 3 aliphatic heterocycles. The molecule has 4 nitrogen and oxygen atoms in total. The van der Waals surface area contributed by atoms with Gasteiger partial charge in [-0.15, -0.1) is 0 Å². The fourth-order valence-electron chi connectivity index (χ4n) is 21.3.